The smallest absolute Gasteiger partial charge is 0.417 e. The van der Waals surface area contributed by atoms with Crippen LogP contribution in [0.1, 0.15) is 22.3 Å². The van der Waals surface area contributed by atoms with Crippen LogP contribution in [0, 0.1) is 0 Å². The van der Waals surface area contributed by atoms with Crippen molar-refractivity contribution >= 4 is 21.5 Å². The minimum Gasteiger partial charge on any atom is -0.497 e. The van der Waals surface area contributed by atoms with Crippen molar-refractivity contribution in [2.24, 2.45) is 0 Å². The molecule has 13 nitrogen and oxygen atoms in total. The van der Waals surface area contributed by atoms with Gasteiger partial charge in [-0.15, -0.1) is 5.10 Å². The lowest BCUT2D eigenvalue weighted by Crippen LogP contribution is -2.32. The third-order valence-electron chi connectivity index (χ3n) is 8.65. The summed E-state index contributed by atoms with van der Waals surface area (Å²) in [4.78, 5) is 2.92. The van der Waals surface area contributed by atoms with Gasteiger partial charge in [-0.05, 0) is 81.2 Å². The van der Waals surface area contributed by atoms with Crippen molar-refractivity contribution in [3.63, 3.8) is 0 Å². The molecule has 2 aromatic heterocycles. The highest BCUT2D eigenvalue weighted by atomic mass is 32.2. The lowest BCUT2D eigenvalue weighted by molar-refractivity contribution is -0.139. The molecule has 6 aromatic rings. The number of pyridine rings is 1. The Hall–Kier alpha value is -6.20. The Balaban J connectivity index is 1.63. The van der Waals surface area contributed by atoms with Crippen molar-refractivity contribution in [2.75, 3.05) is 32.8 Å². The van der Waals surface area contributed by atoms with Crippen molar-refractivity contribution < 1.29 is 35.8 Å². The molecule has 0 aliphatic carbocycles. The first-order valence-corrected chi connectivity index (χ1v) is 17.7. The normalized spacial score (nSPS) is 11.8. The second kappa shape index (κ2) is 15.4. The van der Waals surface area contributed by atoms with E-state index in [9.17, 15) is 0 Å². The number of nitrogens with two attached hydrogens (primary N) is 2. The average Bonchev–Trinajstić information content (AvgIpc) is 3.63. The predicted octanol–water partition coefficient (Wildman–Crippen LogP) is 6.05. The molecule has 17 heteroatoms. The number of alkyl halides is 3. The second-order valence-electron chi connectivity index (χ2n) is 12.0. The fraction of sp³-hybridized carbons (Fsp3) is 0.189. The molecule has 4 aromatic carbocycles. The van der Waals surface area contributed by atoms with Gasteiger partial charge in [0.05, 0.1) is 39.1 Å². The summed E-state index contributed by atoms with van der Waals surface area (Å²) in [6.45, 7) is -0.683. The highest BCUT2D eigenvalue weighted by Crippen LogP contribution is 2.46. The summed E-state index contributed by atoms with van der Waals surface area (Å²) in [5.74, 6) is 1.21. The molecule has 0 amide bonds. The van der Waals surface area contributed by atoms with Crippen LogP contribution < -0.4 is 25.7 Å². The van der Waals surface area contributed by atoms with E-state index in [1.165, 1.54) is 38.3 Å². The molecule has 0 saturated heterocycles. The number of aromatic nitrogens is 5. The van der Waals surface area contributed by atoms with Crippen molar-refractivity contribution in [3.8, 4) is 39.8 Å². The first-order valence-electron chi connectivity index (χ1n) is 16.2. The monoisotopic (exact) mass is 760 g/mol. The molecule has 54 heavy (non-hydrogen) atoms. The third-order valence-corrected chi connectivity index (χ3v) is 10.5. The van der Waals surface area contributed by atoms with Gasteiger partial charge in [-0.3, -0.25) is 0 Å². The number of ether oxygens (including phenoxy) is 3. The first kappa shape index (κ1) is 37.6. The Morgan fingerprint density at radius 3 is 1.74 bits per heavy atom. The van der Waals surface area contributed by atoms with Gasteiger partial charge >= 0.3 is 6.18 Å². The topological polar surface area (TPSA) is 174 Å². The zero-order valence-corrected chi connectivity index (χ0v) is 30.1. The molecule has 0 unspecified atom stereocenters. The van der Waals surface area contributed by atoms with Crippen LogP contribution in [0.3, 0.4) is 0 Å². The lowest BCUT2D eigenvalue weighted by Gasteiger charge is -2.27. The number of sulfonamides is 1. The molecule has 0 fully saturated rings. The number of tetrazole rings is 1. The van der Waals surface area contributed by atoms with Gasteiger partial charge in [-0.25, -0.2) is 18.1 Å². The van der Waals surface area contributed by atoms with Gasteiger partial charge in [-0.2, -0.15) is 17.5 Å². The standard InChI is InChI=1S/C37H35F3N8O5S/c1-51-26-10-4-23(5-11-26)20-47(21-24-6-12-27(52-2)13-7-24)54(49,50)34-31(37(38,39)40)17-16-29(30-18-19-43-35(42)33(30)41)32(34)36-44-45-46-48(36)22-25-8-14-28(53-3)15-9-25/h4-19H,20-22,41H2,1-3H3,(H2,42,43). The van der Waals surface area contributed by atoms with Crippen LogP contribution in [0.5, 0.6) is 17.2 Å². The number of halogens is 3. The van der Waals surface area contributed by atoms with E-state index in [1.807, 2.05) is 0 Å². The van der Waals surface area contributed by atoms with Crippen LogP contribution in [-0.4, -0.2) is 59.2 Å². The van der Waals surface area contributed by atoms with Gasteiger partial charge < -0.3 is 25.7 Å². The van der Waals surface area contributed by atoms with Gasteiger partial charge in [0.2, 0.25) is 10.0 Å². The van der Waals surface area contributed by atoms with Crippen molar-refractivity contribution in [2.45, 2.75) is 30.7 Å². The molecular formula is C37H35F3N8O5S. The number of nitrogen functional groups attached to an aromatic ring is 2. The molecule has 6 rings (SSSR count). The molecule has 0 radical (unpaired) electrons. The molecule has 0 bridgehead atoms. The van der Waals surface area contributed by atoms with E-state index >= 15 is 21.6 Å². The minimum absolute atomic E-state index is 0.0206. The highest BCUT2D eigenvalue weighted by molar-refractivity contribution is 7.89. The molecule has 0 atom stereocenters. The maximum atomic E-state index is 15.3. The summed E-state index contributed by atoms with van der Waals surface area (Å²) >= 11 is 0. The summed E-state index contributed by atoms with van der Waals surface area (Å²) in [6.07, 6.45) is -3.84. The average molecular weight is 761 g/mol. The van der Waals surface area contributed by atoms with Gasteiger partial charge in [-0.1, -0.05) is 42.5 Å². The number of anilines is 2. The zero-order chi connectivity index (χ0) is 38.6. The molecule has 0 spiro atoms. The van der Waals surface area contributed by atoms with Crippen molar-refractivity contribution in [3.05, 3.63) is 119 Å². The van der Waals surface area contributed by atoms with Gasteiger partial charge in [0, 0.05) is 30.4 Å². The van der Waals surface area contributed by atoms with Crippen LogP contribution in [0.4, 0.5) is 24.7 Å². The predicted molar refractivity (Wildman–Crippen MR) is 195 cm³/mol. The number of hydrogen-bond acceptors (Lipinski definition) is 11. The van der Waals surface area contributed by atoms with E-state index in [1.54, 1.807) is 72.8 Å². The van der Waals surface area contributed by atoms with Crippen LogP contribution in [-0.2, 0) is 35.8 Å². The van der Waals surface area contributed by atoms with E-state index in [2.05, 4.69) is 20.5 Å². The minimum atomic E-state index is -5.15. The summed E-state index contributed by atoms with van der Waals surface area (Å²) in [7, 11) is -0.644. The fourth-order valence-electron chi connectivity index (χ4n) is 5.86. The van der Waals surface area contributed by atoms with E-state index in [0.29, 0.717) is 40.0 Å². The van der Waals surface area contributed by atoms with Crippen molar-refractivity contribution in [1.82, 2.24) is 29.5 Å². The fourth-order valence-corrected chi connectivity index (χ4v) is 7.68. The maximum Gasteiger partial charge on any atom is 0.417 e. The molecule has 280 valence electrons. The van der Waals surface area contributed by atoms with Crippen LogP contribution >= 0.6 is 0 Å². The van der Waals surface area contributed by atoms with Crippen LogP contribution in [0.15, 0.2) is 102 Å². The Morgan fingerprint density at radius 1 is 0.722 bits per heavy atom. The maximum absolute atomic E-state index is 15.3. The number of benzene rings is 4. The summed E-state index contributed by atoms with van der Waals surface area (Å²) < 4.78 is 94.2. The third kappa shape index (κ3) is 7.77. The summed E-state index contributed by atoms with van der Waals surface area (Å²) in [6, 6.07) is 23.2. The Bertz CT molecular complexity index is 2300. The summed E-state index contributed by atoms with van der Waals surface area (Å²) in [5.41, 5.74) is 12.2. The lowest BCUT2D eigenvalue weighted by atomic mass is 9.95. The molecule has 0 aliphatic heterocycles. The number of nitrogens with zero attached hydrogens (tertiary/aromatic N) is 6. The first-order chi connectivity index (χ1) is 25.8. The Labute approximate surface area is 309 Å². The number of rotatable bonds is 13. The number of hydrogen-bond donors (Lipinski definition) is 2. The van der Waals surface area contributed by atoms with E-state index < -0.39 is 32.2 Å². The van der Waals surface area contributed by atoms with Crippen LogP contribution in [0.25, 0.3) is 22.5 Å². The highest BCUT2D eigenvalue weighted by Gasteiger charge is 2.43. The molecule has 0 aliphatic rings. The van der Waals surface area contributed by atoms with E-state index in [-0.39, 0.29) is 48.1 Å². The molecule has 2 heterocycles. The Morgan fingerprint density at radius 2 is 1.24 bits per heavy atom. The zero-order valence-electron chi connectivity index (χ0n) is 29.3. The van der Waals surface area contributed by atoms with Gasteiger partial charge in [0.15, 0.2) is 5.82 Å². The van der Waals surface area contributed by atoms with E-state index in [4.69, 9.17) is 25.7 Å². The number of methoxy groups -OCH3 is 3. The Kier molecular flexibility index (Phi) is 10.7. The molecule has 4 N–H and O–H groups in total. The quantitative estimate of drug-likeness (QED) is 0.140. The van der Waals surface area contributed by atoms with E-state index in [0.717, 1.165) is 10.4 Å². The summed E-state index contributed by atoms with van der Waals surface area (Å²) in [5, 5.41) is 12.0. The van der Waals surface area contributed by atoms with Crippen LogP contribution in [0.2, 0.25) is 0 Å². The van der Waals surface area contributed by atoms with Crippen molar-refractivity contribution in [1.29, 1.82) is 0 Å². The largest absolute Gasteiger partial charge is 0.497 e. The van der Waals surface area contributed by atoms with Gasteiger partial charge in [0.25, 0.3) is 0 Å². The second-order valence-corrected chi connectivity index (χ2v) is 13.9. The van der Waals surface area contributed by atoms with Gasteiger partial charge in [0.1, 0.15) is 28.0 Å². The molecular weight excluding hydrogens is 726 g/mol. The molecule has 0 saturated carbocycles. The SMILES string of the molecule is COc1ccc(CN(Cc2ccc(OC)cc2)S(=O)(=O)c2c(C(F)(F)F)ccc(-c3ccnc(N)c3N)c2-c2nnnn2Cc2ccc(OC)cc2)cc1.